The number of unbranched alkanes of at least 4 members (excludes halogenated alkanes) is 2. The number of rotatable bonds is 13. The molecule has 9 nitrogen and oxygen atoms in total. The van der Waals surface area contributed by atoms with Gasteiger partial charge in [-0.05, 0) is 35.8 Å². The van der Waals surface area contributed by atoms with Crippen molar-refractivity contribution >= 4 is 23.6 Å². The average Bonchev–Trinajstić information content (AvgIpc) is 3.24. The molecule has 0 unspecified atom stereocenters. The predicted molar refractivity (Wildman–Crippen MR) is 139 cm³/mol. The number of hydrogen-bond donors (Lipinski definition) is 4. The monoisotopic (exact) mass is 482 g/mol. The maximum absolute atomic E-state index is 11.2. The van der Waals surface area contributed by atoms with Crippen molar-refractivity contribution in [3.8, 4) is 5.75 Å². The quantitative estimate of drug-likeness (QED) is 0.248. The molecule has 0 radical (unpaired) electrons. The Morgan fingerprint density at radius 1 is 1.26 bits per heavy atom. The molecule has 1 aromatic heterocycles. The van der Waals surface area contributed by atoms with E-state index in [4.69, 9.17) is 25.9 Å². The first-order valence-corrected chi connectivity index (χ1v) is 12.2. The first kappa shape index (κ1) is 26.3. The predicted octanol–water partition coefficient (Wildman–Crippen LogP) is 0.871. The third kappa shape index (κ3) is 7.60. The van der Waals surface area contributed by atoms with Crippen LogP contribution in [0.3, 0.4) is 0 Å². The summed E-state index contributed by atoms with van der Waals surface area (Å²) in [6.07, 6.45) is 9.34. The number of methoxy groups -OCH3 is 1. The number of carbonyl (C=O) groups excluding carboxylic acids is 1. The topological polar surface area (TPSA) is 129 Å². The third-order valence-electron chi connectivity index (χ3n) is 5.83. The van der Waals surface area contributed by atoms with Crippen molar-refractivity contribution in [1.82, 2.24) is 15.2 Å². The summed E-state index contributed by atoms with van der Waals surface area (Å²) in [5.41, 5.74) is 13.5. The highest BCUT2D eigenvalue weighted by Gasteiger charge is 2.11. The van der Waals surface area contributed by atoms with Gasteiger partial charge in [-0.2, -0.15) is 0 Å². The van der Waals surface area contributed by atoms with Crippen LogP contribution in [0.4, 0.5) is 0 Å². The van der Waals surface area contributed by atoms with E-state index in [-0.39, 0.29) is 19.2 Å². The van der Waals surface area contributed by atoms with Crippen LogP contribution in [-0.4, -0.2) is 43.2 Å². The van der Waals surface area contributed by atoms with Gasteiger partial charge in [0.25, 0.3) is 0 Å². The molecule has 190 valence electrons. The number of hydrogen-bond acceptors (Lipinski definition) is 7. The van der Waals surface area contributed by atoms with Gasteiger partial charge in [-0.3, -0.25) is 4.79 Å². The average molecular weight is 483 g/mol. The van der Waals surface area contributed by atoms with Crippen LogP contribution in [0, 0.1) is 0 Å². The number of nitrogens with zero attached hydrogens (tertiary/aromatic N) is 2. The third-order valence-corrected chi connectivity index (χ3v) is 5.83. The minimum absolute atomic E-state index is 0.0575. The van der Waals surface area contributed by atoms with E-state index in [0.717, 1.165) is 59.1 Å². The number of benzene rings is 1. The Morgan fingerprint density at radius 2 is 2.11 bits per heavy atom. The molecule has 1 aliphatic rings. The molecule has 1 aliphatic heterocycles. The molecule has 0 spiro atoms. The maximum Gasteiger partial charge on any atom is 0.235 e. The van der Waals surface area contributed by atoms with Gasteiger partial charge in [0.2, 0.25) is 5.91 Å². The zero-order chi connectivity index (χ0) is 25.0. The molecule has 0 saturated heterocycles. The lowest BCUT2D eigenvalue weighted by molar-refractivity contribution is -0.121. The summed E-state index contributed by atoms with van der Waals surface area (Å²) < 4.78 is 13.4. The summed E-state index contributed by atoms with van der Waals surface area (Å²) in [6.45, 7) is 4.08. The van der Waals surface area contributed by atoms with Gasteiger partial charge in [-0.25, -0.2) is 4.99 Å². The Hall–Kier alpha value is -3.30. The van der Waals surface area contributed by atoms with E-state index in [1.54, 1.807) is 7.11 Å². The lowest BCUT2D eigenvalue weighted by atomic mass is 10.1. The minimum atomic E-state index is -0.251. The van der Waals surface area contributed by atoms with Gasteiger partial charge in [0, 0.05) is 24.7 Å². The molecular formula is C26H38N6O3. The standard InChI is InChI=1S/C26H38N6O3/c1-3-4-5-12-29-26-25-20(7-6-8-23(28)31-26)11-13-32(25)16-21-10-9-19(14-22(21)34-2)17-35-18-30-24(33)15-27/h7,9-11,13-14,29H,3-6,8,12,15-18,27H2,1-2H3,(H2,28,31)(H,30,33)/b20-7-,26-25+. The van der Waals surface area contributed by atoms with E-state index < -0.39 is 0 Å². The highest BCUT2D eigenvalue weighted by molar-refractivity contribution is 5.84. The summed E-state index contributed by atoms with van der Waals surface area (Å²) >= 11 is 0. The lowest BCUT2D eigenvalue weighted by Gasteiger charge is -2.14. The molecule has 2 heterocycles. The highest BCUT2D eigenvalue weighted by atomic mass is 16.5. The van der Waals surface area contributed by atoms with Gasteiger partial charge in [-0.15, -0.1) is 0 Å². The van der Waals surface area contributed by atoms with Crippen LogP contribution in [0.5, 0.6) is 5.75 Å². The van der Waals surface area contributed by atoms with Gasteiger partial charge >= 0.3 is 0 Å². The van der Waals surface area contributed by atoms with Crippen molar-refractivity contribution in [2.75, 3.05) is 26.9 Å². The van der Waals surface area contributed by atoms with Crippen molar-refractivity contribution in [3.63, 3.8) is 0 Å². The van der Waals surface area contributed by atoms with E-state index in [1.807, 2.05) is 18.2 Å². The van der Waals surface area contributed by atoms with E-state index in [2.05, 4.69) is 40.5 Å². The van der Waals surface area contributed by atoms with Crippen molar-refractivity contribution in [2.45, 2.75) is 52.2 Å². The summed E-state index contributed by atoms with van der Waals surface area (Å²) in [5, 5.41) is 8.30. The van der Waals surface area contributed by atoms with Gasteiger partial charge in [0.05, 0.1) is 32.2 Å². The Kier molecular flexibility index (Phi) is 10.2. The number of aliphatic imine (C=N–C) groups is 1. The zero-order valence-electron chi connectivity index (χ0n) is 20.8. The van der Waals surface area contributed by atoms with Crippen LogP contribution in [0.2, 0.25) is 0 Å². The van der Waals surface area contributed by atoms with Gasteiger partial charge in [0.15, 0.2) is 5.82 Å². The van der Waals surface area contributed by atoms with Crippen LogP contribution in [0.15, 0.2) is 35.5 Å². The Morgan fingerprint density at radius 3 is 2.89 bits per heavy atom. The number of aromatic nitrogens is 1. The van der Waals surface area contributed by atoms with Crippen molar-refractivity contribution in [1.29, 1.82) is 0 Å². The van der Waals surface area contributed by atoms with Crippen molar-refractivity contribution in [2.24, 2.45) is 16.5 Å². The van der Waals surface area contributed by atoms with Crippen molar-refractivity contribution in [3.05, 3.63) is 52.2 Å². The molecule has 3 rings (SSSR count). The first-order chi connectivity index (χ1) is 17.0. The van der Waals surface area contributed by atoms with Gasteiger partial charge in [-0.1, -0.05) is 38.0 Å². The number of amides is 1. The van der Waals surface area contributed by atoms with Crippen LogP contribution in [0.1, 0.15) is 50.2 Å². The van der Waals surface area contributed by atoms with Crippen LogP contribution < -0.4 is 37.4 Å². The van der Waals surface area contributed by atoms with Crippen LogP contribution in [-0.2, 0) is 22.7 Å². The second kappa shape index (κ2) is 13.6. The number of ether oxygens (including phenoxy) is 2. The molecular weight excluding hydrogens is 444 g/mol. The summed E-state index contributed by atoms with van der Waals surface area (Å²) in [6, 6.07) is 8.14. The maximum atomic E-state index is 11.2. The smallest absolute Gasteiger partial charge is 0.235 e. The second-order valence-corrected chi connectivity index (χ2v) is 8.52. The summed E-state index contributed by atoms with van der Waals surface area (Å²) in [5.74, 6) is 1.98. The molecule has 0 bridgehead atoms. The molecule has 2 aromatic rings. The summed E-state index contributed by atoms with van der Waals surface area (Å²) in [4.78, 5) is 16.0. The number of nitrogens with one attached hydrogen (secondary N) is 2. The first-order valence-electron chi connectivity index (χ1n) is 12.2. The Balaban J connectivity index is 1.84. The summed E-state index contributed by atoms with van der Waals surface area (Å²) in [7, 11) is 1.66. The van der Waals surface area contributed by atoms with Crippen LogP contribution in [0.25, 0.3) is 11.9 Å². The van der Waals surface area contributed by atoms with Gasteiger partial charge < -0.3 is 36.1 Å². The fourth-order valence-electron chi connectivity index (χ4n) is 3.96. The van der Waals surface area contributed by atoms with E-state index in [1.165, 1.54) is 12.8 Å². The molecule has 0 fully saturated rings. The molecule has 0 aliphatic carbocycles. The highest BCUT2D eigenvalue weighted by Crippen LogP contribution is 2.21. The Bertz CT molecular complexity index is 1140. The molecule has 0 saturated carbocycles. The van der Waals surface area contributed by atoms with E-state index in [0.29, 0.717) is 19.0 Å². The van der Waals surface area contributed by atoms with Crippen molar-refractivity contribution < 1.29 is 14.3 Å². The second-order valence-electron chi connectivity index (χ2n) is 8.52. The number of amidine groups is 1. The normalized spacial score (nSPS) is 17.2. The molecule has 35 heavy (non-hydrogen) atoms. The molecule has 1 amide bonds. The fourth-order valence-corrected chi connectivity index (χ4v) is 3.96. The lowest BCUT2D eigenvalue weighted by Crippen LogP contribution is -2.37. The van der Waals surface area contributed by atoms with Crippen LogP contribution >= 0.6 is 0 Å². The molecule has 1 aromatic carbocycles. The van der Waals surface area contributed by atoms with E-state index in [9.17, 15) is 4.79 Å². The largest absolute Gasteiger partial charge is 0.496 e. The Labute approximate surface area is 206 Å². The zero-order valence-corrected chi connectivity index (χ0v) is 20.8. The van der Waals surface area contributed by atoms with E-state index >= 15 is 0 Å². The SMILES string of the molecule is CCCCCNC1=c2/c(ccn2Cc2ccc(COCNC(=O)CN)cc2OC)=C\CC/C(N)=N\1. The number of nitrogens with two attached hydrogens (primary N) is 2. The molecule has 6 N–H and O–H groups in total. The van der Waals surface area contributed by atoms with Gasteiger partial charge in [0.1, 0.15) is 18.3 Å². The number of carbonyl (C=O) groups is 1. The molecule has 0 atom stereocenters. The fraction of sp³-hybridized carbons (Fsp3) is 0.462. The number of fused-ring (bicyclic) bond motifs is 1. The molecule has 9 heteroatoms. The minimum Gasteiger partial charge on any atom is -0.496 e.